The summed E-state index contributed by atoms with van der Waals surface area (Å²) in [6, 6.07) is 14.1. The lowest BCUT2D eigenvalue weighted by Crippen LogP contribution is -2.06. The van der Waals surface area contributed by atoms with Gasteiger partial charge < -0.3 is 5.43 Å². The van der Waals surface area contributed by atoms with Crippen molar-refractivity contribution >= 4 is 16.5 Å². The highest BCUT2D eigenvalue weighted by Gasteiger charge is 1.95. The zero-order valence-corrected chi connectivity index (χ0v) is 6.62. The molecular formula is C10H10N2. The van der Waals surface area contributed by atoms with Crippen molar-refractivity contribution in [3.63, 3.8) is 0 Å². The number of fused-ring (bicyclic) bond motifs is 1. The van der Waals surface area contributed by atoms with E-state index in [1.54, 1.807) is 0 Å². The van der Waals surface area contributed by atoms with E-state index in [1.807, 2.05) is 30.3 Å². The smallest absolute Gasteiger partial charge is 0.0563 e. The maximum atomic E-state index is 5.37. The number of hydrazine groups is 1. The summed E-state index contributed by atoms with van der Waals surface area (Å²) in [5, 5.41) is 2.36. The van der Waals surface area contributed by atoms with Crippen LogP contribution < -0.4 is 11.3 Å². The fourth-order valence-electron chi connectivity index (χ4n) is 1.35. The van der Waals surface area contributed by atoms with Crippen LogP contribution in [0.15, 0.2) is 42.5 Å². The van der Waals surface area contributed by atoms with Gasteiger partial charge in [0.05, 0.1) is 5.69 Å². The number of hydrogen-bond acceptors (Lipinski definition) is 2. The fourth-order valence-corrected chi connectivity index (χ4v) is 1.35. The minimum atomic E-state index is 0.966. The minimum absolute atomic E-state index is 0.966. The predicted octanol–water partition coefficient (Wildman–Crippen LogP) is 2.13. The summed E-state index contributed by atoms with van der Waals surface area (Å²) in [5.41, 5.74) is 3.64. The van der Waals surface area contributed by atoms with Crippen molar-refractivity contribution in [2.45, 2.75) is 0 Å². The molecule has 12 heavy (non-hydrogen) atoms. The number of hydrogen-bond donors (Lipinski definition) is 2. The molecule has 2 aromatic carbocycles. The molecule has 0 fully saturated rings. The van der Waals surface area contributed by atoms with E-state index in [0.717, 1.165) is 11.1 Å². The van der Waals surface area contributed by atoms with E-state index in [1.165, 1.54) is 5.39 Å². The van der Waals surface area contributed by atoms with Gasteiger partial charge in [-0.05, 0) is 11.5 Å². The summed E-state index contributed by atoms with van der Waals surface area (Å²) < 4.78 is 0. The van der Waals surface area contributed by atoms with Crippen molar-refractivity contribution in [2.24, 2.45) is 5.84 Å². The molecule has 0 aliphatic carbocycles. The van der Waals surface area contributed by atoms with Crippen LogP contribution in [0, 0.1) is 0 Å². The molecule has 0 saturated carbocycles. The zero-order chi connectivity index (χ0) is 8.39. The molecule has 0 amide bonds. The average molecular weight is 158 g/mol. The van der Waals surface area contributed by atoms with E-state index in [0.29, 0.717) is 0 Å². The lowest BCUT2D eigenvalue weighted by molar-refractivity contribution is 1.37. The number of nitrogen functional groups attached to an aromatic ring is 1. The van der Waals surface area contributed by atoms with Crippen LogP contribution in [0.1, 0.15) is 0 Å². The third-order valence-electron chi connectivity index (χ3n) is 1.95. The highest BCUT2D eigenvalue weighted by atomic mass is 15.2. The normalized spacial score (nSPS) is 10.1. The Bertz CT molecular complexity index is 390. The molecule has 0 heterocycles. The summed E-state index contributed by atoms with van der Waals surface area (Å²) in [7, 11) is 0. The van der Waals surface area contributed by atoms with Crippen molar-refractivity contribution in [3.8, 4) is 0 Å². The maximum Gasteiger partial charge on any atom is 0.0563 e. The summed E-state index contributed by atoms with van der Waals surface area (Å²) in [6.07, 6.45) is 0. The van der Waals surface area contributed by atoms with Gasteiger partial charge in [-0.25, -0.2) is 0 Å². The number of rotatable bonds is 1. The Hall–Kier alpha value is -1.54. The van der Waals surface area contributed by atoms with Gasteiger partial charge in [0.2, 0.25) is 0 Å². The maximum absolute atomic E-state index is 5.37. The van der Waals surface area contributed by atoms with Crippen molar-refractivity contribution < 1.29 is 0 Å². The summed E-state index contributed by atoms with van der Waals surface area (Å²) in [4.78, 5) is 0. The van der Waals surface area contributed by atoms with E-state index >= 15 is 0 Å². The van der Waals surface area contributed by atoms with E-state index in [9.17, 15) is 0 Å². The molecule has 2 heteroatoms. The topological polar surface area (TPSA) is 38.0 Å². The number of nitrogens with two attached hydrogens (primary N) is 1. The molecule has 3 N–H and O–H groups in total. The molecule has 0 unspecified atom stereocenters. The first kappa shape index (κ1) is 7.13. The molecule has 2 aromatic rings. The second kappa shape index (κ2) is 2.83. The number of benzene rings is 2. The van der Waals surface area contributed by atoms with Crippen LogP contribution in [0.4, 0.5) is 5.69 Å². The average Bonchev–Trinajstić information content (AvgIpc) is 2.17. The van der Waals surface area contributed by atoms with Crippen molar-refractivity contribution in [1.82, 2.24) is 0 Å². The minimum Gasteiger partial charge on any atom is -0.324 e. The summed E-state index contributed by atoms with van der Waals surface area (Å²) >= 11 is 0. The van der Waals surface area contributed by atoms with Gasteiger partial charge >= 0.3 is 0 Å². The third-order valence-corrected chi connectivity index (χ3v) is 1.95. The Morgan fingerprint density at radius 1 is 0.917 bits per heavy atom. The Morgan fingerprint density at radius 3 is 2.50 bits per heavy atom. The number of nitrogens with one attached hydrogen (secondary N) is 1. The summed E-state index contributed by atoms with van der Waals surface area (Å²) in [6.45, 7) is 0. The van der Waals surface area contributed by atoms with Crippen molar-refractivity contribution in [1.29, 1.82) is 0 Å². The molecular weight excluding hydrogens is 148 g/mol. The van der Waals surface area contributed by atoms with E-state index in [2.05, 4.69) is 17.6 Å². The Labute approximate surface area is 71.0 Å². The molecule has 0 atom stereocenters. The van der Waals surface area contributed by atoms with E-state index in [4.69, 9.17) is 5.84 Å². The van der Waals surface area contributed by atoms with Crippen LogP contribution in [0.3, 0.4) is 0 Å². The molecule has 0 saturated heterocycles. The van der Waals surface area contributed by atoms with Gasteiger partial charge in [0.15, 0.2) is 0 Å². The van der Waals surface area contributed by atoms with Crippen LogP contribution in [0.2, 0.25) is 0 Å². The van der Waals surface area contributed by atoms with Crippen molar-refractivity contribution in [2.75, 3.05) is 5.43 Å². The molecule has 0 radical (unpaired) electrons. The van der Waals surface area contributed by atoms with Gasteiger partial charge in [0.1, 0.15) is 0 Å². The highest BCUT2D eigenvalue weighted by molar-refractivity contribution is 5.93. The molecule has 0 aliphatic rings. The second-order valence-electron chi connectivity index (χ2n) is 2.67. The second-order valence-corrected chi connectivity index (χ2v) is 2.67. The first-order valence-corrected chi connectivity index (χ1v) is 3.86. The van der Waals surface area contributed by atoms with Crippen molar-refractivity contribution in [3.05, 3.63) is 42.5 Å². The molecule has 2 nitrogen and oxygen atoms in total. The zero-order valence-electron chi connectivity index (χ0n) is 6.62. The predicted molar refractivity (Wildman–Crippen MR) is 51.8 cm³/mol. The Morgan fingerprint density at radius 2 is 1.67 bits per heavy atom. The van der Waals surface area contributed by atoms with Crippen LogP contribution >= 0.6 is 0 Å². The Kier molecular flexibility index (Phi) is 1.68. The van der Waals surface area contributed by atoms with Crippen LogP contribution in [0.25, 0.3) is 10.8 Å². The lowest BCUT2D eigenvalue weighted by atomic mass is 10.1. The molecule has 2 rings (SSSR count). The Balaban J connectivity index is 2.79. The van der Waals surface area contributed by atoms with Gasteiger partial charge in [-0.15, -0.1) is 0 Å². The molecule has 0 bridgehead atoms. The molecule has 0 spiro atoms. The first-order chi connectivity index (χ1) is 5.92. The van der Waals surface area contributed by atoms with Crippen LogP contribution in [-0.2, 0) is 0 Å². The van der Waals surface area contributed by atoms with Gasteiger partial charge in [0, 0.05) is 5.39 Å². The monoisotopic (exact) mass is 158 g/mol. The first-order valence-electron chi connectivity index (χ1n) is 3.86. The highest BCUT2D eigenvalue weighted by Crippen LogP contribution is 2.21. The fraction of sp³-hybridized carbons (Fsp3) is 0. The summed E-state index contributed by atoms with van der Waals surface area (Å²) in [5.74, 6) is 5.37. The van der Waals surface area contributed by atoms with Gasteiger partial charge in [-0.1, -0.05) is 36.4 Å². The standard InChI is InChI=1S/C10H10N2/c11-12-10-7-3-5-8-4-1-2-6-9(8)10/h1-7,12H,11H2. The van der Waals surface area contributed by atoms with Gasteiger partial charge in [-0.2, -0.15) is 0 Å². The van der Waals surface area contributed by atoms with Gasteiger partial charge in [0.25, 0.3) is 0 Å². The molecule has 0 aromatic heterocycles. The largest absolute Gasteiger partial charge is 0.324 e. The van der Waals surface area contributed by atoms with Gasteiger partial charge in [-0.3, -0.25) is 5.84 Å². The SMILES string of the molecule is NNc1cccc2ccccc12. The van der Waals surface area contributed by atoms with E-state index < -0.39 is 0 Å². The van der Waals surface area contributed by atoms with Crippen LogP contribution in [-0.4, -0.2) is 0 Å². The van der Waals surface area contributed by atoms with Crippen LogP contribution in [0.5, 0.6) is 0 Å². The quantitative estimate of drug-likeness (QED) is 0.493. The molecule has 0 aliphatic heterocycles. The molecule has 60 valence electrons. The number of anilines is 1. The third kappa shape index (κ3) is 1.02. The van der Waals surface area contributed by atoms with E-state index in [-0.39, 0.29) is 0 Å². The lowest BCUT2D eigenvalue weighted by Gasteiger charge is -2.03.